The molecule has 0 unspecified atom stereocenters. The molecule has 24 heavy (non-hydrogen) atoms. The summed E-state index contributed by atoms with van der Waals surface area (Å²) in [5, 5.41) is 4.92. The highest BCUT2D eigenvalue weighted by molar-refractivity contribution is 7.98. The standard InChI is InChI=1S/C17H16N4O2S/c1-23-14-5-3-12(4-6-14)11-21-16(22)9-13(10-19-21)15-7-8-18-17(20-15)24-2/h3-10H,11H2,1-2H3. The summed E-state index contributed by atoms with van der Waals surface area (Å²) in [6.45, 7) is 0.406. The fraction of sp³-hybridized carbons (Fsp3) is 0.176. The molecule has 122 valence electrons. The highest BCUT2D eigenvalue weighted by atomic mass is 32.2. The number of nitrogens with zero attached hydrogens (tertiary/aromatic N) is 4. The monoisotopic (exact) mass is 340 g/mol. The Bertz CT molecular complexity index is 894. The summed E-state index contributed by atoms with van der Waals surface area (Å²) in [5.41, 5.74) is 2.18. The van der Waals surface area contributed by atoms with Crippen LogP contribution in [0.5, 0.6) is 5.75 Å². The molecule has 0 saturated heterocycles. The van der Waals surface area contributed by atoms with E-state index >= 15 is 0 Å². The Morgan fingerprint density at radius 3 is 2.67 bits per heavy atom. The highest BCUT2D eigenvalue weighted by Crippen LogP contribution is 2.17. The SMILES string of the molecule is COc1ccc(Cn2ncc(-c3ccnc(SC)n3)cc2=O)cc1. The molecule has 0 amide bonds. The molecule has 3 aromatic rings. The van der Waals surface area contributed by atoms with Crippen LogP contribution >= 0.6 is 11.8 Å². The van der Waals surface area contributed by atoms with Crippen molar-refractivity contribution >= 4 is 11.8 Å². The highest BCUT2D eigenvalue weighted by Gasteiger charge is 2.06. The largest absolute Gasteiger partial charge is 0.497 e. The van der Waals surface area contributed by atoms with Crippen molar-refractivity contribution in [1.29, 1.82) is 0 Å². The Hall–Kier alpha value is -2.67. The third-order valence-corrected chi connectivity index (χ3v) is 4.03. The first-order valence-electron chi connectivity index (χ1n) is 7.27. The number of thioether (sulfide) groups is 1. The number of methoxy groups -OCH3 is 1. The molecule has 1 aromatic carbocycles. The van der Waals surface area contributed by atoms with E-state index < -0.39 is 0 Å². The summed E-state index contributed by atoms with van der Waals surface area (Å²) in [6.07, 6.45) is 5.23. The smallest absolute Gasteiger partial charge is 0.267 e. The van der Waals surface area contributed by atoms with Gasteiger partial charge in [-0.15, -0.1) is 0 Å². The molecular formula is C17H16N4O2S. The van der Waals surface area contributed by atoms with Crippen LogP contribution in [0.2, 0.25) is 0 Å². The van der Waals surface area contributed by atoms with E-state index in [1.165, 1.54) is 16.4 Å². The van der Waals surface area contributed by atoms with Crippen LogP contribution in [0.15, 0.2) is 58.7 Å². The Morgan fingerprint density at radius 1 is 1.21 bits per heavy atom. The van der Waals surface area contributed by atoms with Crippen LogP contribution in [0, 0.1) is 0 Å². The molecule has 0 radical (unpaired) electrons. The molecular weight excluding hydrogens is 324 g/mol. The predicted octanol–water partition coefficient (Wildman–Crippen LogP) is 2.48. The normalized spacial score (nSPS) is 10.6. The zero-order valence-corrected chi connectivity index (χ0v) is 14.2. The maximum atomic E-state index is 12.3. The first kappa shape index (κ1) is 16.2. The molecule has 7 heteroatoms. The molecule has 0 N–H and O–H groups in total. The Morgan fingerprint density at radius 2 is 2.00 bits per heavy atom. The van der Waals surface area contributed by atoms with Crippen LogP contribution in [0.4, 0.5) is 0 Å². The molecule has 0 bridgehead atoms. The first-order chi connectivity index (χ1) is 11.7. The van der Waals surface area contributed by atoms with Gasteiger partial charge in [-0.25, -0.2) is 14.6 Å². The Balaban J connectivity index is 1.85. The molecule has 2 heterocycles. The average molecular weight is 340 g/mol. The van der Waals surface area contributed by atoms with Crippen molar-refractivity contribution in [3.05, 3.63) is 64.7 Å². The zero-order chi connectivity index (χ0) is 16.9. The molecule has 0 aliphatic heterocycles. The lowest BCUT2D eigenvalue weighted by molar-refractivity contribution is 0.414. The number of hydrogen-bond acceptors (Lipinski definition) is 6. The third-order valence-electron chi connectivity index (χ3n) is 3.47. The number of ether oxygens (including phenoxy) is 1. The summed E-state index contributed by atoms with van der Waals surface area (Å²) >= 11 is 1.45. The quantitative estimate of drug-likeness (QED) is 0.525. The first-order valence-corrected chi connectivity index (χ1v) is 8.49. The van der Waals surface area contributed by atoms with E-state index in [1.54, 1.807) is 31.6 Å². The van der Waals surface area contributed by atoms with Gasteiger partial charge in [0.05, 0.1) is 25.5 Å². The predicted molar refractivity (Wildman–Crippen MR) is 93.4 cm³/mol. The van der Waals surface area contributed by atoms with E-state index in [-0.39, 0.29) is 5.56 Å². The van der Waals surface area contributed by atoms with E-state index in [2.05, 4.69) is 15.1 Å². The lowest BCUT2D eigenvalue weighted by atomic mass is 10.2. The second-order valence-electron chi connectivity index (χ2n) is 5.02. The number of rotatable bonds is 5. The van der Waals surface area contributed by atoms with Gasteiger partial charge in [-0.1, -0.05) is 23.9 Å². The molecule has 2 aromatic heterocycles. The van der Waals surface area contributed by atoms with Crippen LogP contribution in [0.25, 0.3) is 11.3 Å². The topological polar surface area (TPSA) is 69.9 Å². The average Bonchev–Trinajstić information content (AvgIpc) is 2.64. The summed E-state index contributed by atoms with van der Waals surface area (Å²) in [7, 11) is 1.62. The third kappa shape index (κ3) is 3.62. The van der Waals surface area contributed by atoms with Gasteiger partial charge in [-0.2, -0.15) is 5.10 Å². The van der Waals surface area contributed by atoms with Crippen LogP contribution in [0.3, 0.4) is 0 Å². The van der Waals surface area contributed by atoms with E-state index in [9.17, 15) is 4.79 Å². The number of aromatic nitrogens is 4. The van der Waals surface area contributed by atoms with Gasteiger partial charge in [0, 0.05) is 17.8 Å². The molecule has 0 atom stereocenters. The lowest BCUT2D eigenvalue weighted by Crippen LogP contribution is -2.22. The second-order valence-corrected chi connectivity index (χ2v) is 5.79. The molecule has 3 rings (SSSR count). The van der Waals surface area contributed by atoms with Gasteiger partial charge >= 0.3 is 0 Å². The van der Waals surface area contributed by atoms with Crippen molar-refractivity contribution < 1.29 is 4.74 Å². The van der Waals surface area contributed by atoms with Gasteiger partial charge in [0.25, 0.3) is 5.56 Å². The summed E-state index contributed by atoms with van der Waals surface area (Å²) in [6, 6.07) is 10.9. The van der Waals surface area contributed by atoms with Gasteiger partial charge < -0.3 is 4.74 Å². The van der Waals surface area contributed by atoms with Crippen LogP contribution in [0.1, 0.15) is 5.56 Å². The molecule has 0 fully saturated rings. The number of benzene rings is 1. The number of hydrogen-bond donors (Lipinski definition) is 0. The molecule has 0 aliphatic carbocycles. The minimum absolute atomic E-state index is 0.173. The van der Waals surface area contributed by atoms with Gasteiger partial charge in [0.1, 0.15) is 5.75 Å². The van der Waals surface area contributed by atoms with Crippen molar-refractivity contribution in [2.24, 2.45) is 0 Å². The summed E-state index contributed by atoms with van der Waals surface area (Å²) in [5.74, 6) is 0.780. The van der Waals surface area contributed by atoms with E-state index in [0.717, 1.165) is 11.3 Å². The fourth-order valence-electron chi connectivity index (χ4n) is 2.20. The van der Waals surface area contributed by atoms with E-state index in [4.69, 9.17) is 4.74 Å². The van der Waals surface area contributed by atoms with Crippen molar-refractivity contribution in [3.63, 3.8) is 0 Å². The Labute approximate surface area is 143 Å². The van der Waals surface area contributed by atoms with Gasteiger partial charge in [-0.05, 0) is 30.0 Å². The van der Waals surface area contributed by atoms with Crippen LogP contribution in [-0.2, 0) is 6.54 Å². The molecule has 0 aliphatic rings. The van der Waals surface area contributed by atoms with Gasteiger partial charge in [0.2, 0.25) is 0 Å². The maximum absolute atomic E-state index is 12.3. The van der Waals surface area contributed by atoms with E-state index in [0.29, 0.717) is 23.0 Å². The minimum Gasteiger partial charge on any atom is -0.497 e. The van der Waals surface area contributed by atoms with Crippen LogP contribution in [-0.4, -0.2) is 33.1 Å². The van der Waals surface area contributed by atoms with Gasteiger partial charge in [0.15, 0.2) is 5.16 Å². The minimum atomic E-state index is -0.173. The van der Waals surface area contributed by atoms with E-state index in [1.807, 2.05) is 30.5 Å². The van der Waals surface area contributed by atoms with Gasteiger partial charge in [-0.3, -0.25) is 4.79 Å². The molecule has 6 nitrogen and oxygen atoms in total. The molecule has 0 saturated carbocycles. The van der Waals surface area contributed by atoms with Crippen LogP contribution < -0.4 is 10.3 Å². The van der Waals surface area contributed by atoms with Crippen molar-refractivity contribution in [2.45, 2.75) is 11.7 Å². The summed E-state index contributed by atoms with van der Waals surface area (Å²) < 4.78 is 6.55. The lowest BCUT2D eigenvalue weighted by Gasteiger charge is -2.07. The van der Waals surface area contributed by atoms with Crippen molar-refractivity contribution in [3.8, 4) is 17.0 Å². The zero-order valence-electron chi connectivity index (χ0n) is 13.3. The summed E-state index contributed by atoms with van der Waals surface area (Å²) in [4.78, 5) is 20.8. The molecule has 0 spiro atoms. The van der Waals surface area contributed by atoms with Crippen molar-refractivity contribution in [1.82, 2.24) is 19.7 Å². The fourth-order valence-corrected chi connectivity index (χ4v) is 2.55. The Kier molecular flexibility index (Phi) is 4.90. The maximum Gasteiger partial charge on any atom is 0.267 e. The second kappa shape index (κ2) is 7.27. The van der Waals surface area contributed by atoms with Crippen molar-refractivity contribution in [2.75, 3.05) is 13.4 Å².